The van der Waals surface area contributed by atoms with Crippen molar-refractivity contribution in [2.75, 3.05) is 12.8 Å². The van der Waals surface area contributed by atoms with Gasteiger partial charge in [-0.15, -0.1) is 13.2 Å². The number of halogens is 3. The fourth-order valence-corrected chi connectivity index (χ4v) is 2.76. The molecular weight excluding hydrogens is 427 g/mol. The van der Waals surface area contributed by atoms with Crippen molar-refractivity contribution in [1.82, 2.24) is 10.3 Å². The second-order valence-corrected chi connectivity index (χ2v) is 6.62. The predicted molar refractivity (Wildman–Crippen MR) is 110 cm³/mol. The van der Waals surface area contributed by atoms with E-state index in [2.05, 4.69) is 15.0 Å². The Hall–Kier alpha value is -3.79. The lowest BCUT2D eigenvalue weighted by Crippen LogP contribution is -2.24. The number of nitrogens with zero attached hydrogens (tertiary/aromatic N) is 1. The normalized spacial score (nSPS) is 11.1. The fourth-order valence-electron chi connectivity index (χ4n) is 2.76. The number of ether oxygens (including phenoxy) is 3. The number of hydrogen-bond acceptors (Lipinski definition) is 6. The van der Waals surface area contributed by atoms with Crippen LogP contribution in [0.1, 0.15) is 21.6 Å². The molecule has 0 bridgehead atoms. The van der Waals surface area contributed by atoms with Gasteiger partial charge in [0.2, 0.25) is 0 Å². The van der Waals surface area contributed by atoms with Crippen LogP contribution in [0.15, 0.2) is 60.7 Å². The molecule has 0 fully saturated rings. The van der Waals surface area contributed by atoms with Crippen LogP contribution in [0.4, 0.5) is 19.0 Å². The first-order valence-corrected chi connectivity index (χ1v) is 9.38. The van der Waals surface area contributed by atoms with Crippen LogP contribution in [0.5, 0.6) is 17.2 Å². The van der Waals surface area contributed by atoms with Gasteiger partial charge in [0.15, 0.2) is 0 Å². The van der Waals surface area contributed by atoms with E-state index in [1.54, 1.807) is 36.4 Å². The summed E-state index contributed by atoms with van der Waals surface area (Å²) in [5.74, 6) is -0.0456. The molecule has 3 aromatic rings. The molecule has 0 aliphatic carbocycles. The van der Waals surface area contributed by atoms with E-state index in [4.69, 9.17) is 15.2 Å². The van der Waals surface area contributed by atoms with Gasteiger partial charge in [-0.05, 0) is 42.0 Å². The number of anilines is 1. The highest BCUT2D eigenvalue weighted by Gasteiger charge is 2.31. The molecule has 0 radical (unpaired) electrons. The Balaban J connectivity index is 1.57. The summed E-state index contributed by atoms with van der Waals surface area (Å²) < 4.78 is 51.5. The molecule has 0 saturated heterocycles. The summed E-state index contributed by atoms with van der Waals surface area (Å²) in [6.45, 7) is 0.521. The molecule has 0 spiro atoms. The molecule has 0 saturated carbocycles. The molecule has 1 aromatic heterocycles. The number of nitrogens with two attached hydrogens (primary N) is 1. The lowest BCUT2D eigenvalue weighted by molar-refractivity contribution is -0.274. The molecular formula is C22H20F3N3O4. The average Bonchev–Trinajstić information content (AvgIpc) is 2.72. The predicted octanol–water partition coefficient (Wildman–Crippen LogP) is 4.43. The van der Waals surface area contributed by atoms with E-state index in [9.17, 15) is 18.0 Å². The number of nitrogen functional groups attached to an aromatic ring is 1. The van der Waals surface area contributed by atoms with Crippen LogP contribution in [0.3, 0.4) is 0 Å². The summed E-state index contributed by atoms with van der Waals surface area (Å²) >= 11 is 0. The Labute approximate surface area is 181 Å². The Kier molecular flexibility index (Phi) is 7.16. The number of aromatic nitrogens is 1. The van der Waals surface area contributed by atoms with Gasteiger partial charge in [-0.1, -0.05) is 18.2 Å². The number of amides is 1. The average molecular weight is 447 g/mol. The number of pyridine rings is 1. The van der Waals surface area contributed by atoms with Crippen LogP contribution >= 0.6 is 0 Å². The zero-order valence-electron chi connectivity index (χ0n) is 17.0. The zero-order chi connectivity index (χ0) is 23.1. The van der Waals surface area contributed by atoms with Gasteiger partial charge in [-0.25, -0.2) is 4.98 Å². The first kappa shape index (κ1) is 22.9. The lowest BCUT2D eigenvalue weighted by atomic mass is 10.2. The van der Waals surface area contributed by atoms with Gasteiger partial charge in [-0.3, -0.25) is 4.79 Å². The van der Waals surface area contributed by atoms with Gasteiger partial charge in [0.1, 0.15) is 23.1 Å². The standard InChI is InChI=1S/C22H20F3N3O4/c1-30-13-15-7-10-19(20(26)28-15)21(29)27-12-14-5-8-16(9-6-14)31-17-3-2-4-18(11-17)32-22(23,24)25/h2-11H,12-13H2,1H3,(H2,26,28)(H,27,29). The maximum Gasteiger partial charge on any atom is 0.573 e. The van der Waals surface area contributed by atoms with Crippen molar-refractivity contribution in [2.24, 2.45) is 0 Å². The number of nitrogens with one attached hydrogen (secondary N) is 1. The van der Waals surface area contributed by atoms with E-state index in [-0.39, 0.29) is 35.3 Å². The third-order valence-corrected chi connectivity index (χ3v) is 4.17. The van der Waals surface area contributed by atoms with Crippen LogP contribution in [-0.4, -0.2) is 24.4 Å². The Morgan fingerprint density at radius 3 is 2.41 bits per heavy atom. The SMILES string of the molecule is COCc1ccc(C(=O)NCc2ccc(Oc3cccc(OC(F)(F)F)c3)cc2)c(N)n1. The molecule has 0 unspecified atom stereocenters. The third kappa shape index (κ3) is 6.61. The van der Waals surface area contributed by atoms with Crippen molar-refractivity contribution in [2.45, 2.75) is 19.5 Å². The molecule has 0 aliphatic rings. The molecule has 0 atom stereocenters. The monoisotopic (exact) mass is 447 g/mol. The summed E-state index contributed by atoms with van der Waals surface area (Å²) in [6, 6.07) is 15.2. The largest absolute Gasteiger partial charge is 0.573 e. The molecule has 1 amide bonds. The van der Waals surface area contributed by atoms with Gasteiger partial charge < -0.3 is 25.3 Å². The fraction of sp³-hybridized carbons (Fsp3) is 0.182. The summed E-state index contributed by atoms with van der Waals surface area (Å²) in [4.78, 5) is 16.5. The number of benzene rings is 2. The number of carbonyl (C=O) groups is 1. The van der Waals surface area contributed by atoms with Crippen LogP contribution in [0.2, 0.25) is 0 Å². The van der Waals surface area contributed by atoms with Crippen LogP contribution < -0.4 is 20.5 Å². The van der Waals surface area contributed by atoms with Gasteiger partial charge in [0, 0.05) is 19.7 Å². The highest BCUT2D eigenvalue weighted by molar-refractivity contribution is 5.98. The number of carbonyl (C=O) groups excluding carboxylic acids is 1. The van der Waals surface area contributed by atoms with Crippen LogP contribution in [-0.2, 0) is 17.9 Å². The molecule has 7 nitrogen and oxygen atoms in total. The van der Waals surface area contributed by atoms with Crippen molar-refractivity contribution in [3.63, 3.8) is 0 Å². The van der Waals surface area contributed by atoms with Gasteiger partial charge in [0.25, 0.3) is 5.91 Å². The smallest absolute Gasteiger partial charge is 0.457 e. The van der Waals surface area contributed by atoms with E-state index in [1.807, 2.05) is 0 Å². The molecule has 168 valence electrons. The molecule has 0 aliphatic heterocycles. The topological polar surface area (TPSA) is 95.7 Å². The molecule has 3 rings (SSSR count). The minimum absolute atomic E-state index is 0.109. The lowest BCUT2D eigenvalue weighted by Gasteiger charge is -2.11. The maximum atomic E-state index is 12.4. The van der Waals surface area contributed by atoms with Crippen LogP contribution in [0.25, 0.3) is 0 Å². The van der Waals surface area contributed by atoms with Crippen molar-refractivity contribution >= 4 is 11.7 Å². The van der Waals surface area contributed by atoms with E-state index >= 15 is 0 Å². The first-order valence-electron chi connectivity index (χ1n) is 9.38. The number of alkyl halides is 3. The molecule has 3 N–H and O–H groups in total. The van der Waals surface area contributed by atoms with Gasteiger partial charge >= 0.3 is 6.36 Å². The number of rotatable bonds is 8. The number of methoxy groups -OCH3 is 1. The van der Waals surface area contributed by atoms with Crippen molar-refractivity contribution in [3.8, 4) is 17.2 Å². The third-order valence-electron chi connectivity index (χ3n) is 4.17. The Bertz CT molecular complexity index is 1070. The minimum atomic E-state index is -4.78. The summed E-state index contributed by atoms with van der Waals surface area (Å²) in [7, 11) is 1.54. The van der Waals surface area contributed by atoms with Crippen molar-refractivity contribution in [1.29, 1.82) is 0 Å². The zero-order valence-corrected chi connectivity index (χ0v) is 17.0. The van der Waals surface area contributed by atoms with E-state index in [1.165, 1.54) is 25.3 Å². The Morgan fingerprint density at radius 1 is 1.03 bits per heavy atom. The first-order chi connectivity index (χ1) is 15.2. The van der Waals surface area contributed by atoms with Crippen molar-refractivity contribution in [3.05, 3.63) is 77.5 Å². The van der Waals surface area contributed by atoms with Crippen LogP contribution in [0, 0.1) is 0 Å². The number of hydrogen-bond donors (Lipinski definition) is 2. The molecule has 10 heteroatoms. The molecule has 32 heavy (non-hydrogen) atoms. The quantitative estimate of drug-likeness (QED) is 0.530. The van der Waals surface area contributed by atoms with E-state index in [0.29, 0.717) is 18.1 Å². The summed E-state index contributed by atoms with van der Waals surface area (Å²) in [6.07, 6.45) is -4.78. The summed E-state index contributed by atoms with van der Waals surface area (Å²) in [5.41, 5.74) is 7.50. The second kappa shape index (κ2) is 10.0. The van der Waals surface area contributed by atoms with Gasteiger partial charge in [0.05, 0.1) is 17.9 Å². The second-order valence-electron chi connectivity index (χ2n) is 6.62. The minimum Gasteiger partial charge on any atom is -0.457 e. The van der Waals surface area contributed by atoms with E-state index in [0.717, 1.165) is 11.6 Å². The molecule has 2 aromatic carbocycles. The van der Waals surface area contributed by atoms with E-state index < -0.39 is 6.36 Å². The Morgan fingerprint density at radius 2 is 1.75 bits per heavy atom. The molecule has 1 heterocycles. The van der Waals surface area contributed by atoms with Crippen molar-refractivity contribution < 1.29 is 32.2 Å². The highest BCUT2D eigenvalue weighted by atomic mass is 19.4. The van der Waals surface area contributed by atoms with Gasteiger partial charge in [-0.2, -0.15) is 0 Å². The highest BCUT2D eigenvalue weighted by Crippen LogP contribution is 2.29. The maximum absolute atomic E-state index is 12.4. The summed E-state index contributed by atoms with van der Waals surface area (Å²) in [5, 5.41) is 2.75.